The lowest BCUT2D eigenvalue weighted by Crippen LogP contribution is -2.50. The van der Waals surface area contributed by atoms with Crippen molar-refractivity contribution < 1.29 is 19.8 Å². The summed E-state index contributed by atoms with van der Waals surface area (Å²) in [4.78, 5) is 25.4. The maximum atomic E-state index is 12.9. The lowest BCUT2D eigenvalue weighted by molar-refractivity contribution is -0.134. The van der Waals surface area contributed by atoms with Gasteiger partial charge in [-0.15, -0.1) is 6.58 Å². The first kappa shape index (κ1) is 16.9. The van der Waals surface area contributed by atoms with Gasteiger partial charge in [0.05, 0.1) is 0 Å². The van der Waals surface area contributed by atoms with E-state index in [4.69, 9.17) is 0 Å². The Hall–Kier alpha value is -1.94. The van der Waals surface area contributed by atoms with Gasteiger partial charge in [0, 0.05) is 28.7 Å². The molecule has 0 aromatic rings. The van der Waals surface area contributed by atoms with Crippen LogP contribution in [-0.4, -0.2) is 28.4 Å². The van der Waals surface area contributed by atoms with E-state index in [-0.39, 0.29) is 35.7 Å². The zero-order valence-corrected chi connectivity index (χ0v) is 14.3. The molecule has 1 fully saturated rings. The van der Waals surface area contributed by atoms with Crippen molar-refractivity contribution in [1.29, 1.82) is 0 Å². The number of ketones is 2. The Morgan fingerprint density at radius 1 is 1.29 bits per heavy atom. The Labute approximate surface area is 142 Å². The van der Waals surface area contributed by atoms with Crippen LogP contribution in [0.1, 0.15) is 39.5 Å². The Morgan fingerprint density at radius 3 is 2.62 bits per heavy atom. The normalized spacial score (nSPS) is 35.9. The highest BCUT2D eigenvalue weighted by molar-refractivity contribution is 6.50. The molecular weight excluding hydrogens is 304 g/mol. The van der Waals surface area contributed by atoms with Crippen LogP contribution in [0.25, 0.3) is 0 Å². The van der Waals surface area contributed by atoms with Crippen molar-refractivity contribution in [2.24, 2.45) is 16.7 Å². The van der Waals surface area contributed by atoms with Crippen LogP contribution in [0.3, 0.4) is 0 Å². The lowest BCUT2D eigenvalue weighted by atomic mass is 9.50. The van der Waals surface area contributed by atoms with Crippen molar-refractivity contribution in [2.45, 2.75) is 39.5 Å². The van der Waals surface area contributed by atoms with E-state index < -0.39 is 17.0 Å². The van der Waals surface area contributed by atoms with Gasteiger partial charge >= 0.3 is 0 Å². The van der Waals surface area contributed by atoms with Gasteiger partial charge in [0.25, 0.3) is 0 Å². The SMILES string of the molecule is C=CCC1=C(O)C2=C(C(=O)C1=O)[C@@]1(C)CCC[C@](C)(CO)[C@@H]1C=C2. The zero-order chi connectivity index (χ0) is 17.7. The molecule has 4 nitrogen and oxygen atoms in total. The molecule has 24 heavy (non-hydrogen) atoms. The smallest absolute Gasteiger partial charge is 0.233 e. The summed E-state index contributed by atoms with van der Waals surface area (Å²) in [5, 5.41) is 20.5. The summed E-state index contributed by atoms with van der Waals surface area (Å²) in [7, 11) is 0. The summed E-state index contributed by atoms with van der Waals surface area (Å²) in [6.07, 6.45) is 7.96. The van der Waals surface area contributed by atoms with Gasteiger partial charge < -0.3 is 10.2 Å². The molecule has 0 aromatic carbocycles. The summed E-state index contributed by atoms with van der Waals surface area (Å²) < 4.78 is 0. The molecule has 3 aliphatic carbocycles. The molecular formula is C20H24O4. The van der Waals surface area contributed by atoms with Crippen molar-refractivity contribution in [3.63, 3.8) is 0 Å². The minimum Gasteiger partial charge on any atom is -0.507 e. The molecule has 0 bridgehead atoms. The Kier molecular flexibility index (Phi) is 3.91. The van der Waals surface area contributed by atoms with E-state index in [0.717, 1.165) is 19.3 Å². The highest BCUT2D eigenvalue weighted by atomic mass is 16.3. The molecule has 0 aromatic heterocycles. The van der Waals surface area contributed by atoms with Gasteiger partial charge in [-0.25, -0.2) is 0 Å². The Balaban J connectivity index is 2.20. The number of hydrogen-bond acceptors (Lipinski definition) is 4. The van der Waals surface area contributed by atoms with Gasteiger partial charge in [-0.2, -0.15) is 0 Å². The molecule has 1 saturated carbocycles. The van der Waals surface area contributed by atoms with Crippen molar-refractivity contribution >= 4 is 11.6 Å². The molecule has 4 heteroatoms. The predicted octanol–water partition coefficient (Wildman–Crippen LogP) is 3.20. The highest BCUT2D eigenvalue weighted by Gasteiger charge is 2.54. The molecule has 3 atom stereocenters. The standard InChI is InChI=1S/C20H24O4/c1-4-6-13-16(22)12-7-8-14-19(2,11-21)9-5-10-20(14,3)15(12)18(24)17(13)23/h4,7-8,14,21-22H,1,5-6,9-11H2,2-3H3/t14-,19+,20-/m0/s1. The molecule has 0 heterocycles. The zero-order valence-electron chi connectivity index (χ0n) is 14.3. The van der Waals surface area contributed by atoms with Crippen molar-refractivity contribution in [3.05, 3.63) is 47.3 Å². The van der Waals surface area contributed by atoms with Crippen molar-refractivity contribution in [2.75, 3.05) is 6.61 Å². The number of carbonyl (C=O) groups excluding carboxylic acids is 2. The second-order valence-corrected chi connectivity index (χ2v) is 7.69. The van der Waals surface area contributed by atoms with Crippen LogP contribution in [0.15, 0.2) is 47.3 Å². The second kappa shape index (κ2) is 5.55. The third-order valence-electron chi connectivity index (χ3n) is 6.14. The van der Waals surface area contributed by atoms with Gasteiger partial charge in [0.1, 0.15) is 5.76 Å². The number of aliphatic hydroxyl groups is 2. The second-order valence-electron chi connectivity index (χ2n) is 7.69. The molecule has 3 aliphatic rings. The predicted molar refractivity (Wildman–Crippen MR) is 91.3 cm³/mol. The number of rotatable bonds is 3. The van der Waals surface area contributed by atoms with E-state index in [9.17, 15) is 19.8 Å². The fourth-order valence-electron chi connectivity index (χ4n) is 4.86. The quantitative estimate of drug-likeness (QED) is 0.474. The van der Waals surface area contributed by atoms with E-state index in [1.807, 2.05) is 19.9 Å². The number of carbonyl (C=O) groups is 2. The fraction of sp³-hybridized carbons (Fsp3) is 0.500. The number of aliphatic hydroxyl groups excluding tert-OH is 2. The minimum atomic E-state index is -0.627. The number of Topliss-reactive ketones (excluding diaryl/α,β-unsaturated/α-hetero) is 2. The fourth-order valence-corrected chi connectivity index (χ4v) is 4.86. The topological polar surface area (TPSA) is 74.6 Å². The largest absolute Gasteiger partial charge is 0.507 e. The molecule has 0 radical (unpaired) electrons. The first-order valence-corrected chi connectivity index (χ1v) is 8.46. The third-order valence-corrected chi connectivity index (χ3v) is 6.14. The molecule has 2 N–H and O–H groups in total. The first-order valence-electron chi connectivity index (χ1n) is 8.46. The number of allylic oxidation sites excluding steroid dienone is 5. The molecule has 0 spiro atoms. The molecule has 0 saturated heterocycles. The monoisotopic (exact) mass is 328 g/mol. The number of fused-ring (bicyclic) bond motifs is 2. The first-order chi connectivity index (χ1) is 11.3. The molecule has 128 valence electrons. The molecule has 0 aliphatic heterocycles. The van der Waals surface area contributed by atoms with E-state index >= 15 is 0 Å². The van der Waals surface area contributed by atoms with Gasteiger partial charge in [-0.05, 0) is 30.6 Å². The van der Waals surface area contributed by atoms with Crippen LogP contribution < -0.4 is 0 Å². The summed E-state index contributed by atoms with van der Waals surface area (Å²) in [5.41, 5.74) is 0.148. The maximum absolute atomic E-state index is 12.9. The van der Waals surface area contributed by atoms with Crippen LogP contribution in [0.5, 0.6) is 0 Å². The molecule has 0 unspecified atom stereocenters. The van der Waals surface area contributed by atoms with E-state index in [0.29, 0.717) is 11.1 Å². The van der Waals surface area contributed by atoms with Crippen LogP contribution in [0.2, 0.25) is 0 Å². The van der Waals surface area contributed by atoms with Crippen LogP contribution in [-0.2, 0) is 9.59 Å². The van der Waals surface area contributed by atoms with Crippen LogP contribution in [0.4, 0.5) is 0 Å². The van der Waals surface area contributed by atoms with E-state index in [1.54, 1.807) is 6.08 Å². The lowest BCUT2D eigenvalue weighted by Gasteiger charge is -2.53. The Bertz CT molecular complexity index is 724. The molecule has 0 amide bonds. The van der Waals surface area contributed by atoms with Crippen LogP contribution in [0, 0.1) is 16.7 Å². The summed E-state index contributed by atoms with van der Waals surface area (Å²) in [6, 6.07) is 0. The average Bonchev–Trinajstić information content (AvgIpc) is 2.55. The average molecular weight is 328 g/mol. The van der Waals surface area contributed by atoms with Gasteiger partial charge in [0.2, 0.25) is 11.6 Å². The van der Waals surface area contributed by atoms with Crippen molar-refractivity contribution in [3.8, 4) is 0 Å². The third kappa shape index (κ3) is 2.09. The summed E-state index contributed by atoms with van der Waals surface area (Å²) in [5.74, 6) is -1.27. The van der Waals surface area contributed by atoms with E-state index in [2.05, 4.69) is 6.58 Å². The van der Waals surface area contributed by atoms with Crippen LogP contribution >= 0.6 is 0 Å². The van der Waals surface area contributed by atoms with Gasteiger partial charge in [-0.3, -0.25) is 9.59 Å². The van der Waals surface area contributed by atoms with Gasteiger partial charge in [0.15, 0.2) is 0 Å². The number of hydrogen-bond donors (Lipinski definition) is 2. The maximum Gasteiger partial charge on any atom is 0.233 e. The summed E-state index contributed by atoms with van der Waals surface area (Å²) >= 11 is 0. The van der Waals surface area contributed by atoms with Gasteiger partial charge in [-0.1, -0.05) is 38.5 Å². The minimum absolute atomic E-state index is 0.0336. The molecule has 3 rings (SSSR count). The summed E-state index contributed by atoms with van der Waals surface area (Å²) in [6.45, 7) is 7.64. The van der Waals surface area contributed by atoms with E-state index in [1.165, 1.54) is 6.08 Å². The Morgan fingerprint density at radius 2 is 2.00 bits per heavy atom. The van der Waals surface area contributed by atoms with Crippen molar-refractivity contribution in [1.82, 2.24) is 0 Å². The highest BCUT2D eigenvalue weighted by Crippen LogP contribution is 2.59.